The van der Waals surface area contributed by atoms with Gasteiger partial charge in [0, 0.05) is 13.1 Å². The van der Waals surface area contributed by atoms with Crippen molar-refractivity contribution in [2.75, 3.05) is 33.3 Å². The monoisotopic (exact) mass is 322 g/mol. The Morgan fingerprint density at radius 2 is 1.86 bits per heavy atom. The van der Waals surface area contributed by atoms with Crippen LogP contribution in [0, 0.1) is 5.92 Å². The highest BCUT2D eigenvalue weighted by Gasteiger charge is 2.43. The average molecular weight is 322 g/mol. The van der Waals surface area contributed by atoms with Crippen molar-refractivity contribution in [3.8, 4) is 0 Å². The Morgan fingerprint density at radius 1 is 1.18 bits per heavy atom. The third-order valence-electron chi connectivity index (χ3n) is 4.41. The standard InChI is InChI=1S/C14H21F3N2O3/c1-22-13(21)11-5-3-6-18(11)9-12(20)19-7-2-4-10(8-19)14(15,16)17/h10-11H,2-9H2,1H3/t10-,11+/m0/s1. The van der Waals surface area contributed by atoms with Crippen LogP contribution in [0.5, 0.6) is 0 Å². The van der Waals surface area contributed by atoms with Gasteiger partial charge >= 0.3 is 12.1 Å². The van der Waals surface area contributed by atoms with Crippen LogP contribution in [0.4, 0.5) is 13.2 Å². The number of carbonyl (C=O) groups excluding carboxylic acids is 2. The SMILES string of the molecule is COC(=O)[C@H]1CCCN1CC(=O)N1CCC[C@H](C(F)(F)F)C1. The molecular formula is C14H21F3N2O3. The van der Waals surface area contributed by atoms with Gasteiger partial charge in [-0.15, -0.1) is 0 Å². The zero-order valence-electron chi connectivity index (χ0n) is 12.6. The van der Waals surface area contributed by atoms with Crippen molar-refractivity contribution in [2.45, 2.75) is 37.9 Å². The summed E-state index contributed by atoms with van der Waals surface area (Å²) in [7, 11) is 1.29. The molecule has 0 saturated carbocycles. The van der Waals surface area contributed by atoms with Crippen molar-refractivity contribution in [1.82, 2.24) is 9.80 Å². The van der Waals surface area contributed by atoms with E-state index < -0.39 is 24.1 Å². The van der Waals surface area contributed by atoms with E-state index in [1.165, 1.54) is 12.0 Å². The highest BCUT2D eigenvalue weighted by molar-refractivity contribution is 5.81. The number of alkyl halides is 3. The van der Waals surface area contributed by atoms with Crippen LogP contribution in [0.25, 0.3) is 0 Å². The first-order valence-corrected chi connectivity index (χ1v) is 7.49. The molecule has 2 heterocycles. The van der Waals surface area contributed by atoms with Gasteiger partial charge in [0.1, 0.15) is 6.04 Å². The molecule has 8 heteroatoms. The number of carbonyl (C=O) groups is 2. The molecule has 0 spiro atoms. The minimum Gasteiger partial charge on any atom is -0.468 e. The quantitative estimate of drug-likeness (QED) is 0.738. The van der Waals surface area contributed by atoms with Gasteiger partial charge in [0.15, 0.2) is 0 Å². The normalized spacial score (nSPS) is 27.0. The van der Waals surface area contributed by atoms with Gasteiger partial charge in [-0.05, 0) is 32.2 Å². The summed E-state index contributed by atoms with van der Waals surface area (Å²) in [6.07, 6.45) is -2.44. The van der Waals surface area contributed by atoms with Gasteiger partial charge in [0.05, 0.1) is 19.6 Å². The number of methoxy groups -OCH3 is 1. The Morgan fingerprint density at radius 3 is 2.50 bits per heavy atom. The molecule has 1 amide bonds. The van der Waals surface area contributed by atoms with Crippen LogP contribution in [-0.4, -0.2) is 67.2 Å². The maximum atomic E-state index is 12.8. The molecule has 0 aromatic rings. The molecule has 0 aromatic heterocycles. The average Bonchev–Trinajstić information content (AvgIpc) is 2.93. The molecule has 0 N–H and O–H groups in total. The van der Waals surface area contributed by atoms with Crippen molar-refractivity contribution in [2.24, 2.45) is 5.92 Å². The fourth-order valence-electron chi connectivity index (χ4n) is 3.16. The number of esters is 1. The summed E-state index contributed by atoms with van der Waals surface area (Å²) in [6, 6.07) is -0.461. The summed E-state index contributed by atoms with van der Waals surface area (Å²) in [6.45, 7) is 0.633. The van der Waals surface area contributed by atoms with E-state index in [1.807, 2.05) is 0 Å². The van der Waals surface area contributed by atoms with E-state index in [-0.39, 0.29) is 25.4 Å². The number of rotatable bonds is 3. The Kier molecular flexibility index (Phi) is 5.31. The predicted molar refractivity (Wildman–Crippen MR) is 72.0 cm³/mol. The van der Waals surface area contributed by atoms with E-state index >= 15 is 0 Å². The molecule has 22 heavy (non-hydrogen) atoms. The third-order valence-corrected chi connectivity index (χ3v) is 4.41. The van der Waals surface area contributed by atoms with Crippen LogP contribution in [0.3, 0.4) is 0 Å². The molecule has 0 aromatic carbocycles. The summed E-state index contributed by atoms with van der Waals surface area (Å²) in [5, 5.41) is 0. The molecule has 2 rings (SSSR count). The van der Waals surface area contributed by atoms with Crippen LogP contribution in [-0.2, 0) is 14.3 Å². The van der Waals surface area contributed by atoms with Crippen LogP contribution in [0.1, 0.15) is 25.7 Å². The fraction of sp³-hybridized carbons (Fsp3) is 0.857. The van der Waals surface area contributed by atoms with Gasteiger partial charge in [-0.1, -0.05) is 0 Å². The van der Waals surface area contributed by atoms with E-state index in [2.05, 4.69) is 0 Å². The molecule has 0 radical (unpaired) electrons. The number of nitrogens with zero attached hydrogens (tertiary/aromatic N) is 2. The highest BCUT2D eigenvalue weighted by atomic mass is 19.4. The lowest BCUT2D eigenvalue weighted by Crippen LogP contribution is -2.49. The minimum atomic E-state index is -4.26. The van der Waals surface area contributed by atoms with Crippen molar-refractivity contribution < 1.29 is 27.5 Å². The summed E-state index contributed by atoms with van der Waals surface area (Å²) in [5.74, 6) is -2.18. The molecular weight excluding hydrogens is 301 g/mol. The minimum absolute atomic E-state index is 0.0235. The Labute approximate surface area is 127 Å². The van der Waals surface area contributed by atoms with Gasteiger partial charge in [-0.2, -0.15) is 13.2 Å². The molecule has 5 nitrogen and oxygen atoms in total. The predicted octanol–water partition coefficient (Wildman–Crippen LogP) is 1.42. The van der Waals surface area contributed by atoms with E-state index in [0.29, 0.717) is 25.9 Å². The van der Waals surface area contributed by atoms with Gasteiger partial charge < -0.3 is 9.64 Å². The smallest absolute Gasteiger partial charge is 0.393 e. The topological polar surface area (TPSA) is 49.9 Å². The van der Waals surface area contributed by atoms with E-state index in [1.54, 1.807) is 4.90 Å². The summed E-state index contributed by atoms with van der Waals surface area (Å²) in [5.41, 5.74) is 0. The first-order valence-electron chi connectivity index (χ1n) is 7.49. The Bertz CT molecular complexity index is 428. The van der Waals surface area contributed by atoms with Gasteiger partial charge in [-0.25, -0.2) is 0 Å². The second kappa shape index (κ2) is 6.85. The number of hydrogen-bond donors (Lipinski definition) is 0. The fourth-order valence-corrected chi connectivity index (χ4v) is 3.16. The maximum Gasteiger partial charge on any atom is 0.393 e. The number of amides is 1. The lowest BCUT2D eigenvalue weighted by molar-refractivity contribution is -0.188. The van der Waals surface area contributed by atoms with Crippen LogP contribution >= 0.6 is 0 Å². The summed E-state index contributed by atoms with van der Waals surface area (Å²) < 4.78 is 43.1. The van der Waals surface area contributed by atoms with E-state index in [9.17, 15) is 22.8 Å². The van der Waals surface area contributed by atoms with E-state index in [4.69, 9.17) is 4.74 Å². The number of hydrogen-bond acceptors (Lipinski definition) is 4. The van der Waals surface area contributed by atoms with Crippen LogP contribution < -0.4 is 0 Å². The number of piperidine rings is 1. The summed E-state index contributed by atoms with van der Waals surface area (Å²) in [4.78, 5) is 26.8. The third kappa shape index (κ3) is 3.91. The highest BCUT2D eigenvalue weighted by Crippen LogP contribution is 2.33. The molecule has 0 bridgehead atoms. The number of ether oxygens (including phenoxy) is 1. The van der Waals surface area contributed by atoms with Gasteiger partial charge in [0.2, 0.25) is 5.91 Å². The number of halogens is 3. The lowest BCUT2D eigenvalue weighted by atomic mass is 9.97. The van der Waals surface area contributed by atoms with Gasteiger partial charge in [-0.3, -0.25) is 14.5 Å². The first kappa shape index (κ1) is 17.1. The Hall–Kier alpha value is -1.31. The molecule has 2 aliphatic rings. The summed E-state index contributed by atoms with van der Waals surface area (Å²) >= 11 is 0. The zero-order valence-corrected chi connectivity index (χ0v) is 12.6. The van der Waals surface area contributed by atoms with Gasteiger partial charge in [0.25, 0.3) is 0 Å². The maximum absolute atomic E-state index is 12.8. The first-order chi connectivity index (χ1) is 10.3. The number of likely N-dealkylation sites (tertiary alicyclic amines) is 2. The molecule has 2 atom stereocenters. The molecule has 2 aliphatic heterocycles. The second-order valence-corrected chi connectivity index (χ2v) is 5.87. The molecule has 2 fully saturated rings. The lowest BCUT2D eigenvalue weighted by Gasteiger charge is -2.35. The largest absolute Gasteiger partial charge is 0.468 e. The van der Waals surface area contributed by atoms with Crippen LogP contribution in [0.2, 0.25) is 0 Å². The molecule has 0 aliphatic carbocycles. The molecule has 0 unspecified atom stereocenters. The van der Waals surface area contributed by atoms with Crippen molar-refractivity contribution in [1.29, 1.82) is 0 Å². The molecule has 2 saturated heterocycles. The second-order valence-electron chi connectivity index (χ2n) is 5.87. The zero-order chi connectivity index (χ0) is 16.3. The van der Waals surface area contributed by atoms with Crippen molar-refractivity contribution in [3.05, 3.63) is 0 Å². The van der Waals surface area contributed by atoms with Crippen LogP contribution in [0.15, 0.2) is 0 Å². The van der Waals surface area contributed by atoms with E-state index in [0.717, 1.165) is 6.42 Å². The Balaban J connectivity index is 1.93. The van der Waals surface area contributed by atoms with Crippen molar-refractivity contribution >= 4 is 11.9 Å². The molecule has 126 valence electrons. The van der Waals surface area contributed by atoms with Crippen molar-refractivity contribution in [3.63, 3.8) is 0 Å².